The monoisotopic (exact) mass is 464 g/mol. The van der Waals surface area contributed by atoms with Crippen molar-refractivity contribution in [3.63, 3.8) is 0 Å². The molecule has 0 fully saturated rings. The summed E-state index contributed by atoms with van der Waals surface area (Å²) in [6, 6.07) is 18.9. The highest BCUT2D eigenvalue weighted by Crippen LogP contribution is 2.39. The summed E-state index contributed by atoms with van der Waals surface area (Å²) in [5.41, 5.74) is 3.20. The highest BCUT2D eigenvalue weighted by Gasteiger charge is 2.31. The molecule has 0 aliphatic carbocycles. The predicted molar refractivity (Wildman–Crippen MR) is 123 cm³/mol. The van der Waals surface area contributed by atoms with Crippen LogP contribution in [0.15, 0.2) is 77.8 Å². The minimum Gasteiger partial charge on any atom is -0.493 e. The van der Waals surface area contributed by atoms with Crippen LogP contribution in [0.3, 0.4) is 0 Å². The maximum absolute atomic E-state index is 14.3. The van der Waals surface area contributed by atoms with Gasteiger partial charge in [0.05, 0.1) is 12.6 Å². The van der Waals surface area contributed by atoms with Crippen molar-refractivity contribution >= 4 is 20.9 Å². The number of fused-ring (bicyclic) bond motifs is 2. The Bertz CT molecular complexity index is 1460. The summed E-state index contributed by atoms with van der Waals surface area (Å²) in [5, 5.41) is 0.990. The van der Waals surface area contributed by atoms with E-state index < -0.39 is 15.8 Å². The average Bonchev–Trinajstić information content (AvgIpc) is 3.06. The molecule has 1 aromatic heterocycles. The van der Waals surface area contributed by atoms with Gasteiger partial charge in [0.1, 0.15) is 17.3 Å². The Morgan fingerprint density at radius 1 is 1.03 bits per heavy atom. The minimum absolute atomic E-state index is 0.0250. The van der Waals surface area contributed by atoms with E-state index in [1.807, 2.05) is 42.5 Å². The van der Waals surface area contributed by atoms with Gasteiger partial charge in [-0.2, -0.15) is 4.31 Å². The molecule has 0 spiro atoms. The number of sulfonamides is 1. The van der Waals surface area contributed by atoms with E-state index >= 15 is 0 Å². The Balaban J connectivity index is 1.58. The molecule has 1 aliphatic rings. The van der Waals surface area contributed by atoms with Crippen LogP contribution in [0, 0.1) is 5.82 Å². The zero-order valence-corrected chi connectivity index (χ0v) is 18.7. The number of methoxy groups -OCH3 is 1. The third-order valence-electron chi connectivity index (χ3n) is 5.66. The van der Waals surface area contributed by atoms with E-state index in [0.29, 0.717) is 17.1 Å². The van der Waals surface area contributed by atoms with Gasteiger partial charge >= 0.3 is 0 Å². The molecule has 0 amide bonds. The molecule has 8 heteroatoms. The number of benzene rings is 3. The van der Waals surface area contributed by atoms with E-state index in [0.717, 1.165) is 28.1 Å². The topological polar surface area (TPSA) is 68.7 Å². The number of ether oxygens (including phenoxy) is 2. The number of para-hydroxylation sites is 1. The van der Waals surface area contributed by atoms with Gasteiger partial charge in [-0.15, -0.1) is 0 Å². The molecule has 5 rings (SSSR count). The van der Waals surface area contributed by atoms with Crippen LogP contribution in [0.25, 0.3) is 22.0 Å². The lowest BCUT2D eigenvalue weighted by Crippen LogP contribution is -2.33. The van der Waals surface area contributed by atoms with Crippen LogP contribution in [0.1, 0.15) is 5.56 Å². The molecule has 0 atom stereocenters. The first-order valence-electron chi connectivity index (χ1n) is 10.4. The third-order valence-corrected chi connectivity index (χ3v) is 7.54. The fourth-order valence-electron chi connectivity index (χ4n) is 4.01. The fourth-order valence-corrected chi connectivity index (χ4v) is 5.47. The number of aromatic nitrogens is 1. The van der Waals surface area contributed by atoms with E-state index in [4.69, 9.17) is 9.47 Å². The van der Waals surface area contributed by atoms with Crippen molar-refractivity contribution in [3.8, 4) is 22.6 Å². The number of hydrogen-bond donors (Lipinski definition) is 0. The maximum Gasteiger partial charge on any atom is 0.246 e. The number of halogens is 1. The van der Waals surface area contributed by atoms with Crippen molar-refractivity contribution in [1.82, 2.24) is 9.29 Å². The molecule has 3 aromatic carbocycles. The van der Waals surface area contributed by atoms with Crippen LogP contribution in [-0.2, 0) is 16.6 Å². The van der Waals surface area contributed by atoms with E-state index in [-0.39, 0.29) is 24.6 Å². The van der Waals surface area contributed by atoms with Gasteiger partial charge < -0.3 is 9.47 Å². The van der Waals surface area contributed by atoms with Gasteiger partial charge in [0.2, 0.25) is 10.0 Å². The molecular formula is C25H21FN2O4S. The SMILES string of the molecule is COc1cc(-c2cnc3ccccc3c2)cc2c1OCCN(S(=O)(=O)c1ccccc1F)C2. The van der Waals surface area contributed by atoms with Crippen LogP contribution in [0.2, 0.25) is 0 Å². The second-order valence-electron chi connectivity index (χ2n) is 7.70. The van der Waals surface area contributed by atoms with Gasteiger partial charge in [0, 0.05) is 35.8 Å². The van der Waals surface area contributed by atoms with E-state index in [9.17, 15) is 12.8 Å². The van der Waals surface area contributed by atoms with Crippen molar-refractivity contribution in [2.45, 2.75) is 11.4 Å². The summed E-state index contributed by atoms with van der Waals surface area (Å²) in [4.78, 5) is 4.18. The first-order chi connectivity index (χ1) is 16.0. The van der Waals surface area contributed by atoms with Crippen molar-refractivity contribution < 1.29 is 22.3 Å². The molecule has 0 saturated carbocycles. The molecular weight excluding hydrogens is 443 g/mol. The molecule has 168 valence electrons. The Hall–Kier alpha value is -3.49. The lowest BCUT2D eigenvalue weighted by Gasteiger charge is -2.20. The highest BCUT2D eigenvalue weighted by molar-refractivity contribution is 7.89. The molecule has 0 saturated heterocycles. The Kier molecular flexibility index (Phi) is 5.47. The largest absolute Gasteiger partial charge is 0.493 e. The molecule has 2 heterocycles. The van der Waals surface area contributed by atoms with E-state index in [1.54, 1.807) is 13.3 Å². The Labute approximate surface area is 191 Å². The van der Waals surface area contributed by atoms with Crippen LogP contribution in [0.4, 0.5) is 4.39 Å². The normalized spacial score (nSPS) is 14.4. The third kappa shape index (κ3) is 3.92. The zero-order valence-electron chi connectivity index (χ0n) is 17.9. The smallest absolute Gasteiger partial charge is 0.246 e. The standard InChI is InChI=1S/C25H21FN2O4S/c1-31-23-14-18(19-12-17-6-2-4-8-22(17)27-15-19)13-20-16-28(10-11-32-25(20)23)33(29,30)24-9-5-3-7-21(24)26/h2-9,12-15H,10-11,16H2,1H3. The lowest BCUT2D eigenvalue weighted by atomic mass is 10.0. The maximum atomic E-state index is 14.3. The van der Waals surface area contributed by atoms with Gasteiger partial charge in [-0.05, 0) is 42.0 Å². The van der Waals surface area contributed by atoms with Crippen molar-refractivity contribution in [2.75, 3.05) is 20.3 Å². The summed E-state index contributed by atoms with van der Waals surface area (Å²) >= 11 is 0. The molecule has 0 bridgehead atoms. The van der Waals surface area contributed by atoms with Gasteiger partial charge in [-0.3, -0.25) is 4.98 Å². The molecule has 1 aliphatic heterocycles. The second kappa shape index (κ2) is 8.46. The van der Waals surface area contributed by atoms with Crippen LogP contribution in [-0.4, -0.2) is 38.0 Å². The molecule has 4 aromatic rings. The zero-order chi connectivity index (χ0) is 23.0. The quantitative estimate of drug-likeness (QED) is 0.440. The van der Waals surface area contributed by atoms with E-state index in [1.165, 1.54) is 22.5 Å². The molecule has 33 heavy (non-hydrogen) atoms. The van der Waals surface area contributed by atoms with Crippen molar-refractivity contribution in [1.29, 1.82) is 0 Å². The molecule has 0 unspecified atom stereocenters. The van der Waals surface area contributed by atoms with Crippen LogP contribution in [0.5, 0.6) is 11.5 Å². The summed E-state index contributed by atoms with van der Waals surface area (Å²) in [6.45, 7) is 0.229. The van der Waals surface area contributed by atoms with Crippen LogP contribution >= 0.6 is 0 Å². The van der Waals surface area contributed by atoms with Gasteiger partial charge in [-0.1, -0.05) is 30.3 Å². The van der Waals surface area contributed by atoms with E-state index in [2.05, 4.69) is 4.98 Å². The summed E-state index contributed by atoms with van der Waals surface area (Å²) in [7, 11) is -2.52. The summed E-state index contributed by atoms with van der Waals surface area (Å²) in [6.07, 6.45) is 1.77. The minimum atomic E-state index is -4.06. The number of hydrogen-bond acceptors (Lipinski definition) is 5. The van der Waals surface area contributed by atoms with Gasteiger partial charge in [-0.25, -0.2) is 12.8 Å². The lowest BCUT2D eigenvalue weighted by molar-refractivity contribution is 0.279. The number of pyridine rings is 1. The van der Waals surface area contributed by atoms with Crippen LogP contribution < -0.4 is 9.47 Å². The van der Waals surface area contributed by atoms with Gasteiger partial charge in [0.25, 0.3) is 0 Å². The van der Waals surface area contributed by atoms with Crippen molar-refractivity contribution in [2.24, 2.45) is 0 Å². The first kappa shape index (κ1) is 21.4. The second-order valence-corrected chi connectivity index (χ2v) is 9.61. The molecule has 6 nitrogen and oxygen atoms in total. The van der Waals surface area contributed by atoms with Gasteiger partial charge in [0.15, 0.2) is 11.5 Å². The van der Waals surface area contributed by atoms with Crippen molar-refractivity contribution in [3.05, 3.63) is 84.3 Å². The highest BCUT2D eigenvalue weighted by atomic mass is 32.2. The first-order valence-corrected chi connectivity index (χ1v) is 11.8. The number of rotatable bonds is 4. The Morgan fingerprint density at radius 3 is 2.64 bits per heavy atom. The average molecular weight is 465 g/mol. The summed E-state index contributed by atoms with van der Waals surface area (Å²) < 4.78 is 53.4. The Morgan fingerprint density at radius 2 is 1.82 bits per heavy atom. The number of nitrogens with zero attached hydrogens (tertiary/aromatic N) is 2. The fraction of sp³-hybridized carbons (Fsp3) is 0.160. The molecule has 0 N–H and O–H groups in total. The predicted octanol–water partition coefficient (Wildman–Crippen LogP) is 4.63. The summed E-state index contributed by atoms with van der Waals surface area (Å²) in [5.74, 6) is 0.207. The molecule has 0 radical (unpaired) electrons.